The van der Waals surface area contributed by atoms with Crippen molar-refractivity contribution >= 4 is 11.8 Å². The van der Waals surface area contributed by atoms with Crippen molar-refractivity contribution in [2.45, 2.75) is 77.4 Å². The molecule has 2 saturated carbocycles. The van der Waals surface area contributed by atoms with E-state index in [1.807, 2.05) is 11.8 Å². The molecule has 0 spiro atoms. The Balaban J connectivity index is 1.77. The zero-order valence-corrected chi connectivity index (χ0v) is 13.5. The predicted molar refractivity (Wildman–Crippen MR) is 81.5 cm³/mol. The van der Waals surface area contributed by atoms with Gasteiger partial charge in [0.05, 0.1) is 0 Å². The van der Waals surface area contributed by atoms with E-state index in [0.717, 1.165) is 24.7 Å². The van der Waals surface area contributed by atoms with Crippen LogP contribution in [0.5, 0.6) is 0 Å². The molecule has 2 amide bonds. The minimum Gasteiger partial charge on any atom is -0.343 e. The average Bonchev–Trinajstić information content (AvgIpc) is 3.07. The van der Waals surface area contributed by atoms with Gasteiger partial charge in [-0.05, 0) is 57.3 Å². The van der Waals surface area contributed by atoms with Crippen molar-refractivity contribution < 1.29 is 9.59 Å². The van der Waals surface area contributed by atoms with Crippen molar-refractivity contribution in [3.05, 3.63) is 0 Å². The van der Waals surface area contributed by atoms with E-state index in [4.69, 9.17) is 0 Å². The van der Waals surface area contributed by atoms with Crippen LogP contribution in [-0.2, 0) is 9.59 Å². The molecule has 4 heteroatoms. The summed E-state index contributed by atoms with van der Waals surface area (Å²) in [6.45, 7) is 6.10. The normalized spacial score (nSPS) is 40.5. The van der Waals surface area contributed by atoms with Crippen molar-refractivity contribution in [1.82, 2.24) is 10.2 Å². The van der Waals surface area contributed by atoms with Crippen molar-refractivity contribution in [2.75, 3.05) is 0 Å². The van der Waals surface area contributed by atoms with E-state index < -0.39 is 0 Å². The molecule has 1 N–H and O–H groups in total. The Morgan fingerprint density at radius 3 is 2.62 bits per heavy atom. The third-order valence-corrected chi connectivity index (χ3v) is 6.09. The van der Waals surface area contributed by atoms with Gasteiger partial charge in [-0.25, -0.2) is 0 Å². The van der Waals surface area contributed by atoms with Gasteiger partial charge in [0.1, 0.15) is 12.1 Å². The smallest absolute Gasteiger partial charge is 0.246 e. The minimum absolute atomic E-state index is 0.0167. The van der Waals surface area contributed by atoms with Crippen LogP contribution in [0.3, 0.4) is 0 Å². The lowest BCUT2D eigenvalue weighted by molar-refractivity contribution is -0.153. The van der Waals surface area contributed by atoms with Crippen LogP contribution < -0.4 is 5.32 Å². The van der Waals surface area contributed by atoms with Gasteiger partial charge in [0.2, 0.25) is 11.8 Å². The van der Waals surface area contributed by atoms with Crippen LogP contribution in [0.1, 0.15) is 59.3 Å². The monoisotopic (exact) mass is 292 g/mol. The maximum Gasteiger partial charge on any atom is 0.246 e. The Labute approximate surface area is 127 Å². The number of fused-ring (bicyclic) bond motifs is 2. The highest BCUT2D eigenvalue weighted by atomic mass is 16.2. The molecule has 0 aromatic rings. The zero-order chi connectivity index (χ0) is 15.1. The van der Waals surface area contributed by atoms with Crippen molar-refractivity contribution in [1.29, 1.82) is 0 Å². The van der Waals surface area contributed by atoms with Gasteiger partial charge in [-0.1, -0.05) is 19.8 Å². The molecule has 2 aliphatic carbocycles. The number of nitrogens with one attached hydrogen (secondary N) is 1. The first-order chi connectivity index (χ1) is 10.0. The van der Waals surface area contributed by atoms with Crippen LogP contribution in [0.2, 0.25) is 0 Å². The van der Waals surface area contributed by atoms with Gasteiger partial charge in [0, 0.05) is 6.04 Å². The highest BCUT2D eigenvalue weighted by Gasteiger charge is 2.47. The number of carbonyl (C=O) groups excluding carboxylic acids is 2. The van der Waals surface area contributed by atoms with Gasteiger partial charge in [-0.3, -0.25) is 9.59 Å². The lowest BCUT2D eigenvalue weighted by atomic mass is 9.82. The van der Waals surface area contributed by atoms with Gasteiger partial charge in [0.15, 0.2) is 0 Å². The zero-order valence-electron chi connectivity index (χ0n) is 13.5. The van der Waals surface area contributed by atoms with E-state index in [-0.39, 0.29) is 29.9 Å². The van der Waals surface area contributed by atoms with E-state index in [1.54, 1.807) is 0 Å². The fourth-order valence-corrected chi connectivity index (χ4v) is 4.98. The van der Waals surface area contributed by atoms with Gasteiger partial charge in [-0.15, -0.1) is 0 Å². The molecule has 1 aliphatic heterocycles. The summed E-state index contributed by atoms with van der Waals surface area (Å²) in [5, 5.41) is 2.90. The summed E-state index contributed by atoms with van der Waals surface area (Å²) in [5.41, 5.74) is 0. The van der Waals surface area contributed by atoms with Crippen LogP contribution in [0.25, 0.3) is 0 Å². The number of hydrogen-bond acceptors (Lipinski definition) is 2. The largest absolute Gasteiger partial charge is 0.343 e. The molecular weight excluding hydrogens is 264 g/mol. The SMILES string of the molecule is CCCC1NC(=O)C(C)N(C(C)C2CC3CCC2C3)C1=O. The third kappa shape index (κ3) is 2.47. The molecule has 3 fully saturated rings. The number of piperazine rings is 1. The van der Waals surface area contributed by atoms with Crippen molar-refractivity contribution in [3.63, 3.8) is 0 Å². The molecule has 1 heterocycles. The molecule has 6 atom stereocenters. The Kier molecular flexibility index (Phi) is 3.98. The maximum atomic E-state index is 12.8. The Hall–Kier alpha value is -1.06. The fourth-order valence-electron chi connectivity index (χ4n) is 4.98. The van der Waals surface area contributed by atoms with Crippen molar-refractivity contribution in [3.8, 4) is 0 Å². The lowest BCUT2D eigenvalue weighted by Gasteiger charge is -2.44. The molecule has 0 aromatic carbocycles. The number of hydrogen-bond donors (Lipinski definition) is 1. The summed E-state index contributed by atoms with van der Waals surface area (Å²) < 4.78 is 0. The molecule has 1 saturated heterocycles. The summed E-state index contributed by atoms with van der Waals surface area (Å²) >= 11 is 0. The lowest BCUT2D eigenvalue weighted by Crippen LogP contribution is -2.65. The second-order valence-corrected chi connectivity index (χ2v) is 7.35. The van der Waals surface area contributed by atoms with E-state index in [9.17, 15) is 9.59 Å². The van der Waals surface area contributed by atoms with Crippen LogP contribution in [-0.4, -0.2) is 34.8 Å². The Morgan fingerprint density at radius 1 is 1.29 bits per heavy atom. The fraction of sp³-hybridized carbons (Fsp3) is 0.882. The van der Waals surface area contributed by atoms with Gasteiger partial charge < -0.3 is 10.2 Å². The molecule has 21 heavy (non-hydrogen) atoms. The Bertz CT molecular complexity index is 437. The maximum absolute atomic E-state index is 12.8. The van der Waals surface area contributed by atoms with E-state index in [2.05, 4.69) is 19.2 Å². The van der Waals surface area contributed by atoms with Gasteiger partial charge in [0.25, 0.3) is 0 Å². The second-order valence-electron chi connectivity index (χ2n) is 7.35. The number of amides is 2. The molecule has 118 valence electrons. The molecule has 3 rings (SSSR count). The highest BCUT2D eigenvalue weighted by Crippen LogP contribution is 2.50. The number of nitrogens with zero attached hydrogens (tertiary/aromatic N) is 1. The standard InChI is InChI=1S/C17H28N2O2/c1-4-5-15-17(21)19(11(3)16(20)18-15)10(2)14-9-12-6-7-13(14)8-12/h10-15H,4-9H2,1-3H3,(H,18,20). The summed E-state index contributed by atoms with van der Waals surface area (Å²) in [6, 6.07) is -0.423. The van der Waals surface area contributed by atoms with E-state index >= 15 is 0 Å². The van der Waals surface area contributed by atoms with Gasteiger partial charge in [-0.2, -0.15) is 0 Å². The molecule has 6 unspecified atom stereocenters. The van der Waals surface area contributed by atoms with Crippen molar-refractivity contribution in [2.24, 2.45) is 17.8 Å². The molecule has 0 radical (unpaired) electrons. The minimum atomic E-state index is -0.320. The average molecular weight is 292 g/mol. The predicted octanol–water partition coefficient (Wildman–Crippen LogP) is 2.33. The number of carbonyl (C=O) groups is 2. The molecule has 0 aromatic heterocycles. The first-order valence-electron chi connectivity index (χ1n) is 8.65. The topological polar surface area (TPSA) is 49.4 Å². The second kappa shape index (κ2) is 5.62. The first kappa shape index (κ1) is 14.9. The van der Waals surface area contributed by atoms with Crippen LogP contribution >= 0.6 is 0 Å². The summed E-state index contributed by atoms with van der Waals surface area (Å²) in [7, 11) is 0. The van der Waals surface area contributed by atoms with E-state index in [0.29, 0.717) is 5.92 Å². The van der Waals surface area contributed by atoms with Crippen LogP contribution in [0.4, 0.5) is 0 Å². The van der Waals surface area contributed by atoms with E-state index in [1.165, 1.54) is 25.7 Å². The molecule has 3 aliphatic rings. The number of rotatable bonds is 4. The van der Waals surface area contributed by atoms with Crippen LogP contribution in [0.15, 0.2) is 0 Å². The van der Waals surface area contributed by atoms with Gasteiger partial charge >= 0.3 is 0 Å². The molecule has 2 bridgehead atoms. The summed E-state index contributed by atoms with van der Waals surface area (Å²) in [4.78, 5) is 26.9. The summed E-state index contributed by atoms with van der Waals surface area (Å²) in [5.74, 6) is 2.41. The Morgan fingerprint density at radius 2 is 2.05 bits per heavy atom. The third-order valence-electron chi connectivity index (χ3n) is 6.09. The molecule has 4 nitrogen and oxygen atoms in total. The summed E-state index contributed by atoms with van der Waals surface area (Å²) in [6.07, 6.45) is 6.95. The quantitative estimate of drug-likeness (QED) is 0.864. The first-order valence-corrected chi connectivity index (χ1v) is 8.65. The molecular formula is C17H28N2O2. The van der Waals surface area contributed by atoms with Crippen LogP contribution in [0, 0.1) is 17.8 Å². The highest BCUT2D eigenvalue weighted by molar-refractivity contribution is 5.96.